The van der Waals surface area contributed by atoms with E-state index in [4.69, 9.17) is 5.73 Å². The van der Waals surface area contributed by atoms with Crippen LogP contribution in [0, 0.1) is 5.92 Å². The first-order chi connectivity index (χ1) is 6.22. The molecule has 0 aromatic heterocycles. The van der Waals surface area contributed by atoms with Crippen LogP contribution in [0.4, 0.5) is 0 Å². The maximum absolute atomic E-state index is 11.2. The number of rotatable bonds is 5. The Morgan fingerprint density at radius 2 is 2.23 bits per heavy atom. The first-order valence-corrected chi connectivity index (χ1v) is 5.24. The van der Waals surface area contributed by atoms with Crippen molar-refractivity contribution < 1.29 is 4.79 Å². The van der Waals surface area contributed by atoms with Crippen molar-refractivity contribution in [1.29, 1.82) is 0 Å². The van der Waals surface area contributed by atoms with Gasteiger partial charge in [0, 0.05) is 19.0 Å². The van der Waals surface area contributed by atoms with E-state index in [2.05, 4.69) is 12.2 Å². The number of nitrogens with two attached hydrogens (primary N) is 1. The summed E-state index contributed by atoms with van der Waals surface area (Å²) in [6, 6.07) is 0.387. The molecule has 0 aromatic carbocycles. The van der Waals surface area contributed by atoms with Crippen molar-refractivity contribution in [2.45, 2.75) is 45.1 Å². The zero-order chi connectivity index (χ0) is 9.68. The van der Waals surface area contributed by atoms with Crippen molar-refractivity contribution in [1.82, 2.24) is 5.32 Å². The molecule has 13 heavy (non-hydrogen) atoms. The van der Waals surface area contributed by atoms with Gasteiger partial charge in [-0.3, -0.25) is 4.79 Å². The number of amides is 1. The second-order valence-electron chi connectivity index (χ2n) is 4.01. The molecule has 0 aliphatic heterocycles. The van der Waals surface area contributed by atoms with Crippen molar-refractivity contribution in [3.05, 3.63) is 0 Å². The highest BCUT2D eigenvalue weighted by Crippen LogP contribution is 2.24. The summed E-state index contributed by atoms with van der Waals surface area (Å²) in [4.78, 5) is 11.2. The first-order valence-electron chi connectivity index (χ1n) is 5.24. The van der Waals surface area contributed by atoms with Crippen molar-refractivity contribution in [3.63, 3.8) is 0 Å². The molecule has 0 bridgehead atoms. The molecule has 1 aliphatic rings. The van der Waals surface area contributed by atoms with Crippen LogP contribution in [-0.4, -0.2) is 18.5 Å². The Morgan fingerprint density at radius 3 is 2.77 bits per heavy atom. The van der Waals surface area contributed by atoms with Gasteiger partial charge in [-0.15, -0.1) is 0 Å². The Morgan fingerprint density at radius 1 is 1.54 bits per heavy atom. The lowest BCUT2D eigenvalue weighted by Crippen LogP contribution is -2.42. The Kier molecular flexibility index (Phi) is 4.22. The van der Waals surface area contributed by atoms with E-state index in [0.717, 1.165) is 32.2 Å². The molecule has 76 valence electrons. The zero-order valence-electron chi connectivity index (χ0n) is 8.38. The topological polar surface area (TPSA) is 55.1 Å². The number of carbonyl (C=O) groups excluding carboxylic acids is 1. The molecule has 1 aliphatic carbocycles. The monoisotopic (exact) mass is 184 g/mol. The summed E-state index contributed by atoms with van der Waals surface area (Å²) in [6.45, 7) is 2.93. The van der Waals surface area contributed by atoms with Crippen LogP contribution in [0.5, 0.6) is 0 Å². The number of hydrogen-bond acceptors (Lipinski definition) is 2. The van der Waals surface area contributed by atoms with E-state index in [-0.39, 0.29) is 5.91 Å². The van der Waals surface area contributed by atoms with Crippen LogP contribution in [0.2, 0.25) is 0 Å². The molecule has 1 amide bonds. The highest BCUT2D eigenvalue weighted by Gasteiger charge is 2.25. The molecule has 0 radical (unpaired) electrons. The summed E-state index contributed by atoms with van der Waals surface area (Å²) in [5.41, 5.74) is 5.64. The van der Waals surface area contributed by atoms with E-state index in [1.54, 1.807) is 0 Å². The molecular weight excluding hydrogens is 164 g/mol. The summed E-state index contributed by atoms with van der Waals surface area (Å²) in [6.07, 6.45) is 4.91. The number of nitrogens with one attached hydrogen (secondary N) is 1. The quantitative estimate of drug-likeness (QED) is 0.670. The fraction of sp³-hybridized carbons (Fsp3) is 0.900. The Bertz CT molecular complexity index is 164. The molecule has 0 atom stereocenters. The molecule has 0 aromatic rings. The fourth-order valence-corrected chi connectivity index (χ4v) is 1.64. The minimum Gasteiger partial charge on any atom is -0.356 e. The van der Waals surface area contributed by atoms with E-state index < -0.39 is 0 Å². The predicted molar refractivity (Wildman–Crippen MR) is 53.2 cm³/mol. The highest BCUT2D eigenvalue weighted by molar-refractivity contribution is 5.75. The van der Waals surface area contributed by atoms with Crippen molar-refractivity contribution in [3.8, 4) is 0 Å². The largest absolute Gasteiger partial charge is 0.356 e. The molecule has 1 rings (SSSR count). The van der Waals surface area contributed by atoms with Crippen LogP contribution in [0.1, 0.15) is 39.0 Å². The van der Waals surface area contributed by atoms with Crippen molar-refractivity contribution in [2.75, 3.05) is 6.54 Å². The number of hydrogen-bond donors (Lipinski definition) is 2. The van der Waals surface area contributed by atoms with Crippen LogP contribution in [0.15, 0.2) is 0 Å². The first kappa shape index (κ1) is 10.5. The SMILES string of the molecule is CCCCC(=O)NCC1CC(N)C1. The third kappa shape index (κ3) is 3.77. The van der Waals surface area contributed by atoms with Gasteiger partial charge in [-0.1, -0.05) is 13.3 Å². The van der Waals surface area contributed by atoms with Crippen LogP contribution >= 0.6 is 0 Å². The lowest BCUT2D eigenvalue weighted by Gasteiger charge is -2.32. The van der Waals surface area contributed by atoms with Gasteiger partial charge < -0.3 is 11.1 Å². The molecular formula is C10H20N2O. The molecule has 3 heteroatoms. The lowest BCUT2D eigenvalue weighted by molar-refractivity contribution is -0.121. The molecule has 3 nitrogen and oxygen atoms in total. The lowest BCUT2D eigenvalue weighted by atomic mass is 9.81. The fourth-order valence-electron chi connectivity index (χ4n) is 1.64. The maximum atomic E-state index is 11.2. The summed E-state index contributed by atoms with van der Waals surface area (Å²) in [5.74, 6) is 0.836. The molecule has 1 fully saturated rings. The minimum atomic E-state index is 0.197. The summed E-state index contributed by atoms with van der Waals surface area (Å²) in [5, 5.41) is 2.95. The van der Waals surface area contributed by atoms with Gasteiger partial charge in [-0.2, -0.15) is 0 Å². The molecule has 0 heterocycles. The highest BCUT2D eigenvalue weighted by atomic mass is 16.1. The van der Waals surface area contributed by atoms with E-state index >= 15 is 0 Å². The van der Waals surface area contributed by atoms with Gasteiger partial charge >= 0.3 is 0 Å². The summed E-state index contributed by atoms with van der Waals surface area (Å²) < 4.78 is 0. The smallest absolute Gasteiger partial charge is 0.220 e. The zero-order valence-corrected chi connectivity index (χ0v) is 8.38. The van der Waals surface area contributed by atoms with Crippen LogP contribution in [0.25, 0.3) is 0 Å². The van der Waals surface area contributed by atoms with Gasteiger partial charge in [0.1, 0.15) is 0 Å². The van der Waals surface area contributed by atoms with Gasteiger partial charge in [-0.05, 0) is 25.2 Å². The van der Waals surface area contributed by atoms with Crippen LogP contribution < -0.4 is 11.1 Å². The summed E-state index contributed by atoms with van der Waals surface area (Å²) in [7, 11) is 0. The number of carbonyl (C=O) groups is 1. The standard InChI is InChI=1S/C10H20N2O/c1-2-3-4-10(13)12-7-8-5-9(11)6-8/h8-9H,2-7,11H2,1H3,(H,12,13). The van der Waals surface area contributed by atoms with E-state index in [9.17, 15) is 4.79 Å². The molecule has 0 saturated heterocycles. The molecule has 1 saturated carbocycles. The normalized spacial score (nSPS) is 26.6. The molecule has 0 spiro atoms. The average Bonchev–Trinajstić information content (AvgIpc) is 2.07. The second-order valence-corrected chi connectivity index (χ2v) is 4.01. The third-order valence-electron chi connectivity index (χ3n) is 2.62. The Hall–Kier alpha value is -0.570. The van der Waals surface area contributed by atoms with Gasteiger partial charge in [0.2, 0.25) is 5.91 Å². The van der Waals surface area contributed by atoms with Gasteiger partial charge in [0.15, 0.2) is 0 Å². The average molecular weight is 184 g/mol. The van der Waals surface area contributed by atoms with Crippen molar-refractivity contribution >= 4 is 5.91 Å². The van der Waals surface area contributed by atoms with Gasteiger partial charge in [0.25, 0.3) is 0 Å². The van der Waals surface area contributed by atoms with E-state index in [1.165, 1.54) is 0 Å². The Labute approximate surface area is 80.1 Å². The number of unbranched alkanes of at least 4 members (excludes halogenated alkanes) is 1. The molecule has 3 N–H and O–H groups in total. The maximum Gasteiger partial charge on any atom is 0.220 e. The van der Waals surface area contributed by atoms with Gasteiger partial charge in [-0.25, -0.2) is 0 Å². The van der Waals surface area contributed by atoms with E-state index in [1.807, 2.05) is 0 Å². The predicted octanol–water partition coefficient (Wildman–Crippen LogP) is 1.03. The van der Waals surface area contributed by atoms with Crippen LogP contribution in [-0.2, 0) is 4.79 Å². The minimum absolute atomic E-state index is 0.197. The summed E-state index contributed by atoms with van der Waals surface area (Å²) >= 11 is 0. The third-order valence-corrected chi connectivity index (χ3v) is 2.62. The molecule has 0 unspecified atom stereocenters. The van der Waals surface area contributed by atoms with E-state index in [0.29, 0.717) is 18.4 Å². The second kappa shape index (κ2) is 5.22. The Balaban J connectivity index is 1.96. The van der Waals surface area contributed by atoms with Crippen molar-refractivity contribution in [2.24, 2.45) is 11.7 Å². The van der Waals surface area contributed by atoms with Crippen LogP contribution in [0.3, 0.4) is 0 Å². The van der Waals surface area contributed by atoms with Gasteiger partial charge in [0.05, 0.1) is 0 Å².